The van der Waals surface area contributed by atoms with Gasteiger partial charge in [0.25, 0.3) is 0 Å². The van der Waals surface area contributed by atoms with E-state index in [9.17, 15) is 18.0 Å². The molecule has 10 heteroatoms. The van der Waals surface area contributed by atoms with Crippen LogP contribution in [0.25, 0.3) is 0 Å². The second-order valence-corrected chi connectivity index (χ2v) is 8.24. The van der Waals surface area contributed by atoms with E-state index >= 15 is 0 Å². The molecule has 0 bridgehead atoms. The van der Waals surface area contributed by atoms with Crippen LogP contribution in [0.3, 0.4) is 0 Å². The Balaban J connectivity index is 1.27. The van der Waals surface area contributed by atoms with Gasteiger partial charge in [-0.15, -0.1) is 0 Å². The van der Waals surface area contributed by atoms with Crippen molar-refractivity contribution in [1.29, 1.82) is 0 Å². The van der Waals surface area contributed by atoms with E-state index in [0.717, 1.165) is 43.8 Å². The third-order valence-electron chi connectivity index (χ3n) is 5.47. The molecule has 2 aliphatic rings. The number of nitrogens with zero attached hydrogens (tertiary/aromatic N) is 2. The molecular formula is C22H23ClF3N3O3. The molecule has 172 valence electrons. The molecule has 2 aromatic rings. The van der Waals surface area contributed by atoms with Crippen LogP contribution in [0.1, 0.15) is 17.5 Å². The van der Waals surface area contributed by atoms with E-state index in [1.807, 2.05) is 0 Å². The molecule has 1 N–H and O–H groups in total. The number of rotatable bonds is 5. The van der Waals surface area contributed by atoms with Gasteiger partial charge in [0.1, 0.15) is 0 Å². The fourth-order valence-electron chi connectivity index (χ4n) is 3.80. The van der Waals surface area contributed by atoms with Gasteiger partial charge in [-0.3, -0.25) is 14.6 Å². The zero-order chi connectivity index (χ0) is 22.7. The molecule has 2 aromatic carbocycles. The monoisotopic (exact) mass is 469 g/mol. The van der Waals surface area contributed by atoms with E-state index in [2.05, 4.69) is 15.1 Å². The summed E-state index contributed by atoms with van der Waals surface area (Å²) in [6.07, 6.45) is -3.47. The Bertz CT molecular complexity index is 969. The van der Waals surface area contributed by atoms with Crippen molar-refractivity contribution in [3.8, 4) is 11.5 Å². The van der Waals surface area contributed by atoms with Crippen LogP contribution in [0.4, 0.5) is 18.9 Å². The minimum absolute atomic E-state index is 0.125. The number of alkyl halides is 3. The molecule has 0 unspecified atom stereocenters. The zero-order valence-corrected chi connectivity index (χ0v) is 18.0. The Morgan fingerprint density at radius 3 is 2.38 bits per heavy atom. The first-order valence-corrected chi connectivity index (χ1v) is 10.7. The number of halogens is 4. The molecule has 0 saturated carbocycles. The molecule has 1 saturated heterocycles. The fourth-order valence-corrected chi connectivity index (χ4v) is 4.00. The molecule has 0 spiro atoms. The Kier molecular flexibility index (Phi) is 6.78. The van der Waals surface area contributed by atoms with E-state index < -0.39 is 11.7 Å². The van der Waals surface area contributed by atoms with Crippen molar-refractivity contribution >= 4 is 23.2 Å². The van der Waals surface area contributed by atoms with E-state index in [4.69, 9.17) is 21.1 Å². The lowest BCUT2D eigenvalue weighted by Crippen LogP contribution is -2.36. The number of hydrogen-bond donors (Lipinski definition) is 1. The van der Waals surface area contributed by atoms with Gasteiger partial charge in [0, 0.05) is 31.8 Å². The molecule has 6 nitrogen and oxygen atoms in total. The first kappa shape index (κ1) is 22.7. The quantitative estimate of drug-likeness (QED) is 0.710. The lowest BCUT2D eigenvalue weighted by Gasteiger charge is -2.22. The lowest BCUT2D eigenvalue weighted by molar-refractivity contribution is -0.137. The molecule has 4 rings (SSSR count). The standard InChI is InChI=1S/C22H23ClF3N3O3/c23-17-10-19-20(32-14-31-19)11-18(17)27-21(30)13-29-7-1-6-28(8-9-29)12-15-2-4-16(5-3-15)22(24,25)26/h2-5,10-11H,1,6-9,12-14H2,(H,27,30). The van der Waals surface area contributed by atoms with Crippen LogP contribution in [0.5, 0.6) is 11.5 Å². The first-order valence-electron chi connectivity index (χ1n) is 10.3. The van der Waals surface area contributed by atoms with Gasteiger partial charge in [0.15, 0.2) is 11.5 Å². The number of ether oxygens (including phenoxy) is 2. The Morgan fingerprint density at radius 1 is 1.00 bits per heavy atom. The molecule has 0 atom stereocenters. The summed E-state index contributed by atoms with van der Waals surface area (Å²) < 4.78 is 48.8. The van der Waals surface area contributed by atoms with Crippen molar-refractivity contribution in [3.63, 3.8) is 0 Å². The van der Waals surface area contributed by atoms with Gasteiger partial charge in [-0.2, -0.15) is 13.2 Å². The maximum absolute atomic E-state index is 12.7. The Hall–Kier alpha value is -2.49. The van der Waals surface area contributed by atoms with Crippen molar-refractivity contribution in [2.45, 2.75) is 19.1 Å². The summed E-state index contributed by atoms with van der Waals surface area (Å²) in [5, 5.41) is 3.20. The average Bonchev–Trinajstić information content (AvgIpc) is 3.07. The van der Waals surface area contributed by atoms with E-state index in [1.54, 1.807) is 12.1 Å². The number of hydrogen-bond acceptors (Lipinski definition) is 5. The molecular weight excluding hydrogens is 447 g/mol. The normalized spacial score (nSPS) is 17.2. The second-order valence-electron chi connectivity index (χ2n) is 7.83. The lowest BCUT2D eigenvalue weighted by atomic mass is 10.1. The van der Waals surface area contributed by atoms with Gasteiger partial charge in [-0.25, -0.2) is 0 Å². The average molecular weight is 470 g/mol. The van der Waals surface area contributed by atoms with Crippen LogP contribution in [-0.4, -0.2) is 55.2 Å². The summed E-state index contributed by atoms with van der Waals surface area (Å²) in [5.74, 6) is 0.911. The van der Waals surface area contributed by atoms with Crippen LogP contribution in [0, 0.1) is 0 Å². The topological polar surface area (TPSA) is 54.0 Å². The number of fused-ring (bicyclic) bond motifs is 1. The van der Waals surface area contributed by atoms with Gasteiger partial charge < -0.3 is 14.8 Å². The van der Waals surface area contributed by atoms with Crippen LogP contribution in [-0.2, 0) is 17.5 Å². The summed E-state index contributed by atoms with van der Waals surface area (Å²) in [7, 11) is 0. The summed E-state index contributed by atoms with van der Waals surface area (Å²) in [5.41, 5.74) is 0.665. The number of benzene rings is 2. The number of amides is 1. The predicted octanol–water partition coefficient (Wildman–Crippen LogP) is 4.23. The van der Waals surface area contributed by atoms with Crippen molar-refractivity contribution in [1.82, 2.24) is 9.80 Å². The van der Waals surface area contributed by atoms with Crippen LogP contribution < -0.4 is 14.8 Å². The van der Waals surface area contributed by atoms with Crippen molar-refractivity contribution in [2.75, 3.05) is 44.8 Å². The highest BCUT2D eigenvalue weighted by atomic mass is 35.5. The van der Waals surface area contributed by atoms with Crippen LogP contribution in [0.15, 0.2) is 36.4 Å². The first-order chi connectivity index (χ1) is 15.3. The van der Waals surface area contributed by atoms with Gasteiger partial charge in [-0.1, -0.05) is 23.7 Å². The van der Waals surface area contributed by atoms with Crippen molar-refractivity contribution < 1.29 is 27.4 Å². The maximum atomic E-state index is 12.7. The molecule has 0 radical (unpaired) electrons. The zero-order valence-electron chi connectivity index (χ0n) is 17.3. The van der Waals surface area contributed by atoms with E-state index in [1.165, 1.54) is 12.1 Å². The predicted molar refractivity (Wildman–Crippen MR) is 114 cm³/mol. The van der Waals surface area contributed by atoms with Crippen LogP contribution in [0.2, 0.25) is 5.02 Å². The molecule has 0 aromatic heterocycles. The maximum Gasteiger partial charge on any atom is 0.416 e. The van der Waals surface area contributed by atoms with Crippen LogP contribution >= 0.6 is 11.6 Å². The second kappa shape index (κ2) is 9.56. The SMILES string of the molecule is O=C(CN1CCCN(Cc2ccc(C(F)(F)F)cc2)CC1)Nc1cc2c(cc1Cl)OCO2. The summed E-state index contributed by atoms with van der Waals surface area (Å²) in [4.78, 5) is 16.8. The number of carbonyl (C=O) groups excluding carboxylic acids is 1. The van der Waals surface area contributed by atoms with Gasteiger partial charge in [0.05, 0.1) is 22.8 Å². The Morgan fingerprint density at radius 2 is 1.66 bits per heavy atom. The van der Waals surface area contributed by atoms with Gasteiger partial charge in [0.2, 0.25) is 12.7 Å². The van der Waals surface area contributed by atoms with E-state index in [-0.39, 0.29) is 19.2 Å². The van der Waals surface area contributed by atoms with E-state index in [0.29, 0.717) is 35.3 Å². The minimum atomic E-state index is -4.33. The molecule has 32 heavy (non-hydrogen) atoms. The van der Waals surface area contributed by atoms with Crippen molar-refractivity contribution in [3.05, 3.63) is 52.5 Å². The Labute approximate surface area is 188 Å². The third-order valence-corrected chi connectivity index (χ3v) is 5.78. The number of carbonyl (C=O) groups is 1. The molecule has 2 aliphatic heterocycles. The highest BCUT2D eigenvalue weighted by Crippen LogP contribution is 2.39. The number of anilines is 1. The molecule has 0 aliphatic carbocycles. The third kappa shape index (κ3) is 5.65. The van der Waals surface area contributed by atoms with Gasteiger partial charge in [-0.05, 0) is 37.2 Å². The van der Waals surface area contributed by atoms with Crippen molar-refractivity contribution in [2.24, 2.45) is 0 Å². The molecule has 2 heterocycles. The summed E-state index contributed by atoms with van der Waals surface area (Å²) in [6, 6.07) is 8.54. The van der Waals surface area contributed by atoms with Gasteiger partial charge >= 0.3 is 6.18 Å². The smallest absolute Gasteiger partial charge is 0.416 e. The fraction of sp³-hybridized carbons (Fsp3) is 0.409. The minimum Gasteiger partial charge on any atom is -0.454 e. The highest BCUT2D eigenvalue weighted by molar-refractivity contribution is 6.34. The molecule has 1 fully saturated rings. The summed E-state index contributed by atoms with van der Waals surface area (Å²) >= 11 is 6.22. The summed E-state index contributed by atoms with van der Waals surface area (Å²) in [6.45, 7) is 3.89. The number of nitrogens with one attached hydrogen (secondary N) is 1. The highest BCUT2D eigenvalue weighted by Gasteiger charge is 2.30. The largest absolute Gasteiger partial charge is 0.454 e. The molecule has 1 amide bonds.